The summed E-state index contributed by atoms with van der Waals surface area (Å²) in [5.41, 5.74) is 1.87. The van der Waals surface area contributed by atoms with E-state index in [1.807, 2.05) is 25.1 Å². The van der Waals surface area contributed by atoms with Gasteiger partial charge in [0.05, 0.1) is 7.11 Å². The van der Waals surface area contributed by atoms with Crippen LogP contribution in [0.2, 0.25) is 0 Å². The molecule has 6 heteroatoms. The van der Waals surface area contributed by atoms with E-state index in [2.05, 4.69) is 36.5 Å². The Morgan fingerprint density at radius 1 is 1.26 bits per heavy atom. The number of methoxy groups -OCH3 is 1. The molecule has 0 atom stereocenters. The Bertz CT molecular complexity index is 589. The molecule has 1 aromatic heterocycles. The Labute approximate surface area is 120 Å². The summed E-state index contributed by atoms with van der Waals surface area (Å²) in [5, 5.41) is 6.18. The van der Waals surface area contributed by atoms with Crippen LogP contribution in [0, 0.1) is 6.92 Å². The quantitative estimate of drug-likeness (QED) is 0.904. The average Bonchev–Trinajstić information content (AvgIpc) is 2.40. The molecule has 0 amide bonds. The lowest BCUT2D eigenvalue weighted by Gasteiger charge is -2.11. The summed E-state index contributed by atoms with van der Waals surface area (Å²) in [4.78, 5) is 8.54. The largest absolute Gasteiger partial charge is 0.497 e. The highest BCUT2D eigenvalue weighted by molar-refractivity contribution is 9.10. The van der Waals surface area contributed by atoms with Gasteiger partial charge in [0, 0.05) is 35.0 Å². The Kier molecular flexibility index (Phi) is 4.21. The van der Waals surface area contributed by atoms with Gasteiger partial charge in [-0.1, -0.05) is 15.9 Å². The van der Waals surface area contributed by atoms with E-state index in [1.54, 1.807) is 20.4 Å². The lowest BCUT2D eigenvalue weighted by Crippen LogP contribution is -2.02. The summed E-state index contributed by atoms with van der Waals surface area (Å²) in [6.07, 6.45) is 1.77. The molecule has 0 saturated carbocycles. The van der Waals surface area contributed by atoms with Crippen molar-refractivity contribution >= 4 is 33.4 Å². The smallest absolute Gasteiger partial charge is 0.224 e. The van der Waals surface area contributed by atoms with Crippen LogP contribution in [-0.4, -0.2) is 24.1 Å². The Morgan fingerprint density at radius 2 is 2.05 bits per heavy atom. The third kappa shape index (κ3) is 3.35. The standard InChI is InChI=1S/C13H15BrN4O/c1-8-7-16-13(15-2)18-12(8)17-10-4-9(14)5-11(6-10)19-3/h4-7H,1-3H3,(H2,15,16,17,18). The first-order valence-electron chi connectivity index (χ1n) is 5.75. The topological polar surface area (TPSA) is 59.1 Å². The van der Waals surface area contributed by atoms with E-state index in [4.69, 9.17) is 4.74 Å². The van der Waals surface area contributed by atoms with Gasteiger partial charge in [-0.05, 0) is 19.1 Å². The Hall–Kier alpha value is -1.82. The number of anilines is 3. The summed E-state index contributed by atoms with van der Waals surface area (Å²) in [5.74, 6) is 2.12. The molecule has 0 spiro atoms. The first-order valence-corrected chi connectivity index (χ1v) is 6.54. The molecule has 0 aliphatic carbocycles. The van der Waals surface area contributed by atoms with Gasteiger partial charge in [-0.3, -0.25) is 0 Å². The summed E-state index contributed by atoms with van der Waals surface area (Å²) >= 11 is 3.45. The van der Waals surface area contributed by atoms with Gasteiger partial charge >= 0.3 is 0 Å². The molecule has 0 bridgehead atoms. The molecule has 19 heavy (non-hydrogen) atoms. The number of halogens is 1. The molecule has 100 valence electrons. The number of aryl methyl sites for hydroxylation is 1. The molecule has 0 radical (unpaired) electrons. The van der Waals surface area contributed by atoms with Gasteiger partial charge in [0.15, 0.2) is 0 Å². The van der Waals surface area contributed by atoms with E-state index in [1.165, 1.54) is 0 Å². The van der Waals surface area contributed by atoms with Gasteiger partial charge < -0.3 is 15.4 Å². The summed E-state index contributed by atoms with van der Waals surface area (Å²) in [6, 6.07) is 5.77. The fraction of sp³-hybridized carbons (Fsp3) is 0.231. The average molecular weight is 323 g/mol. The van der Waals surface area contributed by atoms with Gasteiger partial charge in [0.2, 0.25) is 5.95 Å². The highest BCUT2D eigenvalue weighted by Gasteiger charge is 2.05. The number of benzene rings is 1. The second-order valence-corrected chi connectivity index (χ2v) is 4.90. The van der Waals surface area contributed by atoms with Crippen LogP contribution in [-0.2, 0) is 0 Å². The van der Waals surface area contributed by atoms with Crippen molar-refractivity contribution in [3.63, 3.8) is 0 Å². The van der Waals surface area contributed by atoms with Crippen molar-refractivity contribution in [3.8, 4) is 5.75 Å². The van der Waals surface area contributed by atoms with E-state index in [9.17, 15) is 0 Å². The van der Waals surface area contributed by atoms with Crippen molar-refractivity contribution in [2.24, 2.45) is 0 Å². The van der Waals surface area contributed by atoms with Crippen LogP contribution >= 0.6 is 15.9 Å². The molecule has 2 N–H and O–H groups in total. The molecular weight excluding hydrogens is 308 g/mol. The van der Waals surface area contributed by atoms with Gasteiger partial charge in [0.25, 0.3) is 0 Å². The predicted octanol–water partition coefficient (Wildman–Crippen LogP) is 3.34. The number of nitrogens with zero attached hydrogens (tertiary/aromatic N) is 2. The molecule has 0 aliphatic rings. The molecule has 1 heterocycles. The monoisotopic (exact) mass is 322 g/mol. The predicted molar refractivity (Wildman–Crippen MR) is 80.3 cm³/mol. The number of ether oxygens (including phenoxy) is 1. The molecule has 0 saturated heterocycles. The van der Waals surface area contributed by atoms with E-state index in [0.29, 0.717) is 5.95 Å². The molecule has 0 unspecified atom stereocenters. The molecule has 0 aliphatic heterocycles. The maximum atomic E-state index is 5.23. The lowest BCUT2D eigenvalue weighted by molar-refractivity contribution is 0.415. The SMILES string of the molecule is CNc1ncc(C)c(Nc2cc(Br)cc(OC)c2)n1. The fourth-order valence-electron chi connectivity index (χ4n) is 1.58. The zero-order valence-corrected chi connectivity index (χ0v) is 12.6. The third-order valence-corrected chi connectivity index (χ3v) is 3.02. The van der Waals surface area contributed by atoms with E-state index in [0.717, 1.165) is 27.3 Å². The number of hydrogen-bond acceptors (Lipinski definition) is 5. The van der Waals surface area contributed by atoms with Crippen LogP contribution in [0.25, 0.3) is 0 Å². The highest BCUT2D eigenvalue weighted by atomic mass is 79.9. The maximum absolute atomic E-state index is 5.23. The molecule has 2 aromatic rings. The number of nitrogens with one attached hydrogen (secondary N) is 2. The van der Waals surface area contributed by atoms with Crippen LogP contribution in [0.3, 0.4) is 0 Å². The van der Waals surface area contributed by atoms with Crippen molar-refractivity contribution in [2.45, 2.75) is 6.92 Å². The van der Waals surface area contributed by atoms with E-state index in [-0.39, 0.29) is 0 Å². The van der Waals surface area contributed by atoms with Crippen molar-refractivity contribution in [1.29, 1.82) is 0 Å². The summed E-state index contributed by atoms with van der Waals surface area (Å²) in [6.45, 7) is 1.96. The van der Waals surface area contributed by atoms with E-state index < -0.39 is 0 Å². The third-order valence-electron chi connectivity index (χ3n) is 2.57. The zero-order valence-electron chi connectivity index (χ0n) is 11.0. The van der Waals surface area contributed by atoms with Gasteiger partial charge in [0.1, 0.15) is 11.6 Å². The second-order valence-electron chi connectivity index (χ2n) is 3.98. The second kappa shape index (κ2) is 5.88. The van der Waals surface area contributed by atoms with Crippen molar-refractivity contribution < 1.29 is 4.74 Å². The minimum absolute atomic E-state index is 0.579. The van der Waals surface area contributed by atoms with Crippen molar-refractivity contribution in [2.75, 3.05) is 24.8 Å². The maximum Gasteiger partial charge on any atom is 0.224 e. The number of aromatic nitrogens is 2. The Morgan fingerprint density at radius 3 is 2.74 bits per heavy atom. The van der Waals surface area contributed by atoms with Crippen LogP contribution in [0.1, 0.15) is 5.56 Å². The van der Waals surface area contributed by atoms with Gasteiger partial charge in [-0.25, -0.2) is 4.98 Å². The molecule has 5 nitrogen and oxygen atoms in total. The molecular formula is C13H15BrN4O. The zero-order chi connectivity index (χ0) is 13.8. The normalized spacial score (nSPS) is 10.1. The van der Waals surface area contributed by atoms with E-state index >= 15 is 0 Å². The van der Waals surface area contributed by atoms with Crippen LogP contribution < -0.4 is 15.4 Å². The van der Waals surface area contributed by atoms with Gasteiger partial charge in [-0.2, -0.15) is 4.98 Å². The highest BCUT2D eigenvalue weighted by Crippen LogP contribution is 2.27. The lowest BCUT2D eigenvalue weighted by atomic mass is 10.3. The molecule has 1 aromatic carbocycles. The molecule has 0 fully saturated rings. The van der Waals surface area contributed by atoms with Crippen molar-refractivity contribution in [1.82, 2.24) is 9.97 Å². The van der Waals surface area contributed by atoms with Gasteiger partial charge in [-0.15, -0.1) is 0 Å². The molecule has 2 rings (SSSR count). The fourth-order valence-corrected chi connectivity index (χ4v) is 2.05. The van der Waals surface area contributed by atoms with Crippen molar-refractivity contribution in [3.05, 3.63) is 34.4 Å². The summed E-state index contributed by atoms with van der Waals surface area (Å²) < 4.78 is 6.17. The minimum Gasteiger partial charge on any atom is -0.497 e. The number of rotatable bonds is 4. The number of hydrogen-bond donors (Lipinski definition) is 2. The summed E-state index contributed by atoms with van der Waals surface area (Å²) in [7, 11) is 3.43. The minimum atomic E-state index is 0.579. The van der Waals surface area contributed by atoms with Crippen LogP contribution in [0.15, 0.2) is 28.9 Å². The van der Waals surface area contributed by atoms with Crippen LogP contribution in [0.5, 0.6) is 5.75 Å². The van der Waals surface area contributed by atoms with Crippen LogP contribution in [0.4, 0.5) is 17.5 Å². The Balaban J connectivity index is 2.32. The first-order chi connectivity index (χ1) is 9.12. The first kappa shape index (κ1) is 13.6.